The standard InChI is InChI=1S/C22H25FN2O2/c1-3-25(19-6-4-5-16(2)15-19)21(27)22(12-13-22)20(26)24-14-11-17-7-9-18(23)10-8-17/h4-10,15H,3,11-14H2,1-2H3,(H,24,26). The molecule has 142 valence electrons. The summed E-state index contributed by atoms with van der Waals surface area (Å²) < 4.78 is 13.0. The Morgan fingerprint density at radius 1 is 1.15 bits per heavy atom. The van der Waals surface area contributed by atoms with Crippen LogP contribution in [0.3, 0.4) is 0 Å². The summed E-state index contributed by atoms with van der Waals surface area (Å²) in [5.41, 5.74) is 1.91. The molecule has 3 rings (SSSR count). The summed E-state index contributed by atoms with van der Waals surface area (Å²) in [4.78, 5) is 27.5. The van der Waals surface area contributed by atoms with Gasteiger partial charge < -0.3 is 10.2 Å². The van der Waals surface area contributed by atoms with Crippen LogP contribution in [0.25, 0.3) is 0 Å². The van der Waals surface area contributed by atoms with Crippen LogP contribution in [-0.2, 0) is 16.0 Å². The first-order chi connectivity index (χ1) is 13.0. The average molecular weight is 368 g/mol. The number of halogens is 1. The quantitative estimate of drug-likeness (QED) is 0.759. The maximum absolute atomic E-state index is 13.1. The number of anilines is 1. The second-order valence-corrected chi connectivity index (χ2v) is 7.10. The molecule has 5 heteroatoms. The zero-order valence-corrected chi connectivity index (χ0v) is 15.8. The van der Waals surface area contributed by atoms with Gasteiger partial charge in [0.05, 0.1) is 0 Å². The Morgan fingerprint density at radius 2 is 1.85 bits per heavy atom. The van der Waals surface area contributed by atoms with Crippen molar-refractivity contribution in [2.45, 2.75) is 33.1 Å². The van der Waals surface area contributed by atoms with Gasteiger partial charge in [0.2, 0.25) is 11.8 Å². The lowest BCUT2D eigenvalue weighted by Gasteiger charge is -2.26. The van der Waals surface area contributed by atoms with Crippen molar-refractivity contribution in [3.8, 4) is 0 Å². The minimum atomic E-state index is -0.942. The van der Waals surface area contributed by atoms with Gasteiger partial charge >= 0.3 is 0 Å². The van der Waals surface area contributed by atoms with Crippen molar-refractivity contribution in [1.29, 1.82) is 0 Å². The van der Waals surface area contributed by atoms with Crippen LogP contribution >= 0.6 is 0 Å². The Kier molecular flexibility index (Phi) is 5.59. The zero-order chi connectivity index (χ0) is 19.4. The molecule has 27 heavy (non-hydrogen) atoms. The van der Waals surface area contributed by atoms with Gasteiger partial charge in [-0.25, -0.2) is 4.39 Å². The third-order valence-corrected chi connectivity index (χ3v) is 5.08. The van der Waals surface area contributed by atoms with E-state index >= 15 is 0 Å². The minimum absolute atomic E-state index is 0.130. The average Bonchev–Trinajstić information content (AvgIpc) is 3.46. The Balaban J connectivity index is 1.63. The summed E-state index contributed by atoms with van der Waals surface area (Å²) >= 11 is 0. The second-order valence-electron chi connectivity index (χ2n) is 7.10. The van der Waals surface area contributed by atoms with Crippen LogP contribution in [0.5, 0.6) is 0 Å². The number of nitrogens with zero attached hydrogens (tertiary/aromatic N) is 1. The first-order valence-electron chi connectivity index (χ1n) is 9.37. The molecule has 0 aromatic heterocycles. The molecule has 0 radical (unpaired) electrons. The number of aryl methyl sites for hydroxylation is 1. The van der Waals surface area contributed by atoms with Crippen molar-refractivity contribution in [2.24, 2.45) is 5.41 Å². The molecule has 2 amide bonds. The van der Waals surface area contributed by atoms with Crippen LogP contribution in [0.1, 0.15) is 30.9 Å². The lowest BCUT2D eigenvalue weighted by molar-refractivity contribution is -0.135. The SMILES string of the molecule is CCN(C(=O)C1(C(=O)NCCc2ccc(F)cc2)CC1)c1cccc(C)c1. The van der Waals surface area contributed by atoms with E-state index in [9.17, 15) is 14.0 Å². The molecule has 0 bridgehead atoms. The first kappa shape index (κ1) is 19.1. The van der Waals surface area contributed by atoms with E-state index < -0.39 is 5.41 Å². The van der Waals surface area contributed by atoms with E-state index in [1.165, 1.54) is 12.1 Å². The molecule has 0 spiro atoms. The van der Waals surface area contributed by atoms with E-state index in [2.05, 4.69) is 5.32 Å². The van der Waals surface area contributed by atoms with Gasteiger partial charge in [-0.1, -0.05) is 24.3 Å². The summed E-state index contributed by atoms with van der Waals surface area (Å²) in [5.74, 6) is -0.614. The molecular formula is C22H25FN2O2. The summed E-state index contributed by atoms with van der Waals surface area (Å²) in [6, 6.07) is 14.0. The molecule has 1 aliphatic rings. The number of hydrogen-bond donors (Lipinski definition) is 1. The normalized spacial score (nSPS) is 14.5. The predicted molar refractivity (Wildman–Crippen MR) is 104 cm³/mol. The highest BCUT2D eigenvalue weighted by atomic mass is 19.1. The highest BCUT2D eigenvalue weighted by Gasteiger charge is 2.57. The summed E-state index contributed by atoms with van der Waals surface area (Å²) in [6.07, 6.45) is 1.76. The molecule has 1 fully saturated rings. The van der Waals surface area contributed by atoms with E-state index in [0.717, 1.165) is 16.8 Å². The Hall–Kier alpha value is -2.69. The molecule has 1 saturated carbocycles. The molecular weight excluding hydrogens is 343 g/mol. The minimum Gasteiger partial charge on any atom is -0.355 e. The van der Waals surface area contributed by atoms with E-state index in [1.54, 1.807) is 17.0 Å². The molecule has 4 nitrogen and oxygen atoms in total. The smallest absolute Gasteiger partial charge is 0.242 e. The predicted octanol–water partition coefficient (Wildman–Crippen LogP) is 3.63. The molecule has 2 aromatic rings. The Bertz CT molecular complexity index is 828. The third-order valence-electron chi connectivity index (χ3n) is 5.08. The van der Waals surface area contributed by atoms with Gasteiger partial charge in [0.15, 0.2) is 0 Å². The van der Waals surface area contributed by atoms with Gasteiger partial charge in [0, 0.05) is 18.8 Å². The van der Waals surface area contributed by atoms with Gasteiger partial charge in [-0.15, -0.1) is 0 Å². The van der Waals surface area contributed by atoms with E-state index in [4.69, 9.17) is 0 Å². The number of hydrogen-bond acceptors (Lipinski definition) is 2. The Labute approximate surface area is 159 Å². The van der Waals surface area contributed by atoms with Crippen molar-refractivity contribution in [2.75, 3.05) is 18.0 Å². The van der Waals surface area contributed by atoms with Gasteiger partial charge in [-0.2, -0.15) is 0 Å². The number of benzene rings is 2. The zero-order valence-electron chi connectivity index (χ0n) is 15.8. The van der Waals surface area contributed by atoms with Gasteiger partial charge in [-0.05, 0) is 68.5 Å². The second kappa shape index (κ2) is 7.91. The summed E-state index contributed by atoms with van der Waals surface area (Å²) in [5, 5.41) is 2.89. The highest BCUT2D eigenvalue weighted by molar-refractivity contribution is 6.14. The van der Waals surface area contributed by atoms with Crippen LogP contribution < -0.4 is 10.2 Å². The maximum Gasteiger partial charge on any atom is 0.242 e. The number of nitrogens with one attached hydrogen (secondary N) is 1. The fourth-order valence-corrected chi connectivity index (χ4v) is 3.30. The van der Waals surface area contributed by atoms with Crippen LogP contribution in [0.4, 0.5) is 10.1 Å². The number of rotatable bonds is 7. The van der Waals surface area contributed by atoms with Crippen molar-refractivity contribution >= 4 is 17.5 Å². The highest BCUT2D eigenvalue weighted by Crippen LogP contribution is 2.48. The third kappa shape index (κ3) is 4.18. The summed E-state index contributed by atoms with van der Waals surface area (Å²) in [6.45, 7) is 4.85. The molecule has 0 saturated heterocycles. The number of amides is 2. The van der Waals surface area contributed by atoms with Gasteiger partial charge in [0.25, 0.3) is 0 Å². The largest absolute Gasteiger partial charge is 0.355 e. The molecule has 0 unspecified atom stereocenters. The molecule has 0 aliphatic heterocycles. The van der Waals surface area contributed by atoms with Gasteiger partial charge in [0.1, 0.15) is 11.2 Å². The van der Waals surface area contributed by atoms with Crippen LogP contribution in [-0.4, -0.2) is 24.9 Å². The summed E-state index contributed by atoms with van der Waals surface area (Å²) in [7, 11) is 0. The number of carbonyl (C=O) groups is 2. The van der Waals surface area contributed by atoms with Crippen molar-refractivity contribution in [3.05, 3.63) is 65.5 Å². The molecule has 0 heterocycles. The van der Waals surface area contributed by atoms with E-state index in [0.29, 0.717) is 32.4 Å². The van der Waals surface area contributed by atoms with Crippen molar-refractivity contribution in [1.82, 2.24) is 5.32 Å². The lowest BCUT2D eigenvalue weighted by Crippen LogP contribution is -2.45. The monoisotopic (exact) mass is 368 g/mol. The van der Waals surface area contributed by atoms with Crippen LogP contribution in [0.15, 0.2) is 48.5 Å². The fourth-order valence-electron chi connectivity index (χ4n) is 3.30. The molecule has 1 N–H and O–H groups in total. The lowest BCUT2D eigenvalue weighted by atomic mass is 10.0. The molecule has 1 aliphatic carbocycles. The number of carbonyl (C=O) groups excluding carboxylic acids is 2. The van der Waals surface area contributed by atoms with Crippen LogP contribution in [0, 0.1) is 18.2 Å². The van der Waals surface area contributed by atoms with E-state index in [1.807, 2.05) is 38.1 Å². The topological polar surface area (TPSA) is 49.4 Å². The Morgan fingerprint density at radius 3 is 2.44 bits per heavy atom. The van der Waals surface area contributed by atoms with Crippen molar-refractivity contribution in [3.63, 3.8) is 0 Å². The van der Waals surface area contributed by atoms with Gasteiger partial charge in [-0.3, -0.25) is 9.59 Å². The molecule has 2 aromatic carbocycles. The fraction of sp³-hybridized carbons (Fsp3) is 0.364. The van der Waals surface area contributed by atoms with Crippen molar-refractivity contribution < 1.29 is 14.0 Å². The molecule has 0 atom stereocenters. The first-order valence-corrected chi connectivity index (χ1v) is 9.37. The maximum atomic E-state index is 13.1. The van der Waals surface area contributed by atoms with E-state index in [-0.39, 0.29) is 17.6 Å². The van der Waals surface area contributed by atoms with Crippen LogP contribution in [0.2, 0.25) is 0 Å².